The fraction of sp³-hybridized carbons (Fsp3) is 0.562. The third-order valence-electron chi connectivity index (χ3n) is 3.71. The van der Waals surface area contributed by atoms with Crippen molar-refractivity contribution in [3.63, 3.8) is 0 Å². The molecule has 1 aromatic rings. The molecular formula is C16H24N2O3. The first-order valence-corrected chi connectivity index (χ1v) is 7.49. The Morgan fingerprint density at radius 3 is 2.76 bits per heavy atom. The van der Waals surface area contributed by atoms with Crippen LogP contribution in [0.15, 0.2) is 24.3 Å². The minimum Gasteiger partial charge on any atom is -0.492 e. The molecule has 1 N–H and O–H groups in total. The molecule has 0 aliphatic carbocycles. The number of hydrogen-bond donors (Lipinski definition) is 1. The normalized spacial score (nSPS) is 17.4. The van der Waals surface area contributed by atoms with Gasteiger partial charge in [-0.1, -0.05) is 12.1 Å². The Morgan fingerprint density at radius 2 is 2.00 bits per heavy atom. The summed E-state index contributed by atoms with van der Waals surface area (Å²) in [5, 5.41) is 8.84. The summed E-state index contributed by atoms with van der Waals surface area (Å²) in [5.41, 5.74) is 1.20. The van der Waals surface area contributed by atoms with Gasteiger partial charge in [-0.3, -0.25) is 14.6 Å². The zero-order valence-electron chi connectivity index (χ0n) is 12.6. The van der Waals surface area contributed by atoms with Gasteiger partial charge in [0.25, 0.3) is 0 Å². The average molecular weight is 292 g/mol. The molecule has 0 spiro atoms. The smallest absolute Gasteiger partial charge is 0.317 e. The molecule has 2 rings (SSSR count). The van der Waals surface area contributed by atoms with Gasteiger partial charge in [-0.05, 0) is 37.6 Å². The van der Waals surface area contributed by atoms with E-state index in [0.29, 0.717) is 6.61 Å². The van der Waals surface area contributed by atoms with E-state index >= 15 is 0 Å². The van der Waals surface area contributed by atoms with Gasteiger partial charge < -0.3 is 9.84 Å². The Hall–Kier alpha value is -1.59. The van der Waals surface area contributed by atoms with Crippen molar-refractivity contribution >= 4 is 5.97 Å². The Balaban J connectivity index is 1.70. The predicted molar refractivity (Wildman–Crippen MR) is 81.8 cm³/mol. The predicted octanol–water partition coefficient (Wildman–Crippen LogP) is 1.47. The highest BCUT2D eigenvalue weighted by Crippen LogP contribution is 2.12. The van der Waals surface area contributed by atoms with Gasteiger partial charge in [-0.15, -0.1) is 0 Å². The molecular weight excluding hydrogens is 268 g/mol. The topological polar surface area (TPSA) is 53.0 Å². The summed E-state index contributed by atoms with van der Waals surface area (Å²) >= 11 is 0. The van der Waals surface area contributed by atoms with Gasteiger partial charge in [-0.25, -0.2) is 0 Å². The molecule has 1 aliphatic heterocycles. The lowest BCUT2D eigenvalue weighted by Gasteiger charge is -2.20. The Kier molecular flexibility index (Phi) is 6.02. The molecule has 1 aromatic carbocycles. The molecule has 0 amide bonds. The highest BCUT2D eigenvalue weighted by Gasteiger charge is 2.16. The van der Waals surface area contributed by atoms with E-state index in [-0.39, 0.29) is 6.54 Å². The van der Waals surface area contributed by atoms with Crippen LogP contribution in [0.3, 0.4) is 0 Å². The highest BCUT2D eigenvalue weighted by molar-refractivity contribution is 5.69. The van der Waals surface area contributed by atoms with Crippen LogP contribution in [0.5, 0.6) is 5.75 Å². The number of carboxylic acids is 1. The molecule has 5 nitrogen and oxygen atoms in total. The number of hydrogen-bond acceptors (Lipinski definition) is 4. The third kappa shape index (κ3) is 5.73. The SMILES string of the molecule is Cc1cccc(OCCN2CCCN(CC(=O)O)CC2)c1. The second-order valence-corrected chi connectivity index (χ2v) is 5.53. The van der Waals surface area contributed by atoms with Gasteiger partial charge in [-0.2, -0.15) is 0 Å². The Labute approximate surface area is 126 Å². The monoisotopic (exact) mass is 292 g/mol. The van der Waals surface area contributed by atoms with Gasteiger partial charge in [0.15, 0.2) is 0 Å². The largest absolute Gasteiger partial charge is 0.492 e. The number of ether oxygens (including phenoxy) is 1. The van der Waals surface area contributed by atoms with Crippen LogP contribution < -0.4 is 4.74 Å². The van der Waals surface area contributed by atoms with Crippen LogP contribution in [0.4, 0.5) is 0 Å². The van der Waals surface area contributed by atoms with Crippen molar-refractivity contribution in [2.45, 2.75) is 13.3 Å². The summed E-state index contributed by atoms with van der Waals surface area (Å²) in [4.78, 5) is 15.1. The molecule has 1 saturated heterocycles. The number of rotatable bonds is 6. The zero-order valence-corrected chi connectivity index (χ0v) is 12.6. The van der Waals surface area contributed by atoms with E-state index in [9.17, 15) is 4.79 Å². The average Bonchev–Trinajstić information content (AvgIpc) is 2.64. The zero-order chi connectivity index (χ0) is 15.1. The number of benzene rings is 1. The van der Waals surface area contributed by atoms with Crippen molar-refractivity contribution < 1.29 is 14.6 Å². The van der Waals surface area contributed by atoms with E-state index in [0.717, 1.165) is 44.9 Å². The lowest BCUT2D eigenvalue weighted by Crippen LogP contribution is -2.35. The molecule has 1 heterocycles. The fourth-order valence-corrected chi connectivity index (χ4v) is 2.60. The van der Waals surface area contributed by atoms with Gasteiger partial charge in [0, 0.05) is 26.2 Å². The van der Waals surface area contributed by atoms with Crippen LogP contribution in [-0.4, -0.2) is 66.8 Å². The van der Waals surface area contributed by atoms with Crippen molar-refractivity contribution in [3.8, 4) is 5.75 Å². The van der Waals surface area contributed by atoms with Gasteiger partial charge >= 0.3 is 5.97 Å². The quantitative estimate of drug-likeness (QED) is 0.860. The first kappa shape index (κ1) is 15.8. The number of nitrogens with zero attached hydrogens (tertiary/aromatic N) is 2. The summed E-state index contributed by atoms with van der Waals surface area (Å²) < 4.78 is 5.77. The van der Waals surface area contributed by atoms with Crippen molar-refractivity contribution in [1.29, 1.82) is 0 Å². The summed E-state index contributed by atoms with van der Waals surface area (Å²) in [6.07, 6.45) is 1.01. The van der Waals surface area contributed by atoms with E-state index in [1.807, 2.05) is 23.1 Å². The van der Waals surface area contributed by atoms with E-state index in [1.165, 1.54) is 5.56 Å². The molecule has 116 valence electrons. The van der Waals surface area contributed by atoms with Crippen molar-refractivity contribution in [2.75, 3.05) is 45.9 Å². The van der Waals surface area contributed by atoms with E-state index in [1.54, 1.807) is 0 Å². The Morgan fingerprint density at radius 1 is 1.24 bits per heavy atom. The van der Waals surface area contributed by atoms with Crippen LogP contribution >= 0.6 is 0 Å². The maximum absolute atomic E-state index is 10.7. The standard InChI is InChI=1S/C16H24N2O3/c1-14-4-2-5-15(12-14)21-11-10-17-6-3-7-18(9-8-17)13-16(19)20/h2,4-5,12H,3,6-11,13H2,1H3,(H,19,20). The van der Waals surface area contributed by atoms with Crippen LogP contribution in [0.1, 0.15) is 12.0 Å². The van der Waals surface area contributed by atoms with Crippen molar-refractivity contribution in [2.24, 2.45) is 0 Å². The number of aryl methyl sites for hydroxylation is 1. The fourth-order valence-electron chi connectivity index (χ4n) is 2.60. The minimum atomic E-state index is -0.744. The lowest BCUT2D eigenvalue weighted by atomic mass is 10.2. The van der Waals surface area contributed by atoms with Crippen LogP contribution in [0, 0.1) is 6.92 Å². The minimum absolute atomic E-state index is 0.146. The molecule has 0 saturated carbocycles. The summed E-state index contributed by atoms with van der Waals surface area (Å²) in [6, 6.07) is 8.07. The highest BCUT2D eigenvalue weighted by atomic mass is 16.5. The van der Waals surface area contributed by atoms with Crippen LogP contribution in [0.25, 0.3) is 0 Å². The lowest BCUT2D eigenvalue weighted by molar-refractivity contribution is -0.138. The molecule has 0 unspecified atom stereocenters. The third-order valence-corrected chi connectivity index (χ3v) is 3.71. The molecule has 21 heavy (non-hydrogen) atoms. The van der Waals surface area contributed by atoms with Crippen molar-refractivity contribution in [1.82, 2.24) is 9.80 Å². The van der Waals surface area contributed by atoms with Crippen LogP contribution in [0.2, 0.25) is 0 Å². The summed E-state index contributed by atoms with van der Waals surface area (Å²) in [6.45, 7) is 7.35. The summed E-state index contributed by atoms with van der Waals surface area (Å²) in [5.74, 6) is 0.170. The van der Waals surface area contributed by atoms with Gasteiger partial charge in [0.05, 0.1) is 6.54 Å². The van der Waals surface area contributed by atoms with Crippen molar-refractivity contribution in [3.05, 3.63) is 29.8 Å². The molecule has 0 aromatic heterocycles. The van der Waals surface area contributed by atoms with Gasteiger partial charge in [0.1, 0.15) is 12.4 Å². The first-order valence-electron chi connectivity index (χ1n) is 7.49. The second-order valence-electron chi connectivity index (χ2n) is 5.53. The molecule has 0 bridgehead atoms. The van der Waals surface area contributed by atoms with E-state index in [2.05, 4.69) is 17.9 Å². The molecule has 1 aliphatic rings. The van der Waals surface area contributed by atoms with Crippen LogP contribution in [-0.2, 0) is 4.79 Å². The number of carbonyl (C=O) groups is 1. The van der Waals surface area contributed by atoms with Gasteiger partial charge in [0.2, 0.25) is 0 Å². The van der Waals surface area contributed by atoms with E-state index < -0.39 is 5.97 Å². The number of carboxylic acid groups (broad SMARTS) is 1. The maximum atomic E-state index is 10.7. The molecule has 0 atom stereocenters. The maximum Gasteiger partial charge on any atom is 0.317 e. The molecule has 5 heteroatoms. The molecule has 1 fully saturated rings. The first-order chi connectivity index (χ1) is 10.1. The van der Waals surface area contributed by atoms with E-state index in [4.69, 9.17) is 9.84 Å². The number of aliphatic carboxylic acids is 1. The Bertz CT molecular complexity index is 465. The molecule has 0 radical (unpaired) electrons. The second kappa shape index (κ2) is 8.00. The summed E-state index contributed by atoms with van der Waals surface area (Å²) in [7, 11) is 0.